The smallest absolute Gasteiger partial charge is 0.263 e. The van der Waals surface area contributed by atoms with Crippen LogP contribution in [0.5, 0.6) is 0 Å². The van der Waals surface area contributed by atoms with Crippen LogP contribution in [-0.4, -0.2) is 5.11 Å². The van der Waals surface area contributed by atoms with Crippen molar-refractivity contribution in [2.24, 2.45) is 0 Å². The fraction of sp³-hybridized carbons (Fsp3) is 0.273. The van der Waals surface area contributed by atoms with Crippen LogP contribution in [0, 0.1) is 12.3 Å². The summed E-state index contributed by atoms with van der Waals surface area (Å²) in [4.78, 5) is 0. The van der Waals surface area contributed by atoms with E-state index in [9.17, 15) is 13.9 Å². The van der Waals surface area contributed by atoms with E-state index in [4.69, 9.17) is 6.42 Å². The zero-order chi connectivity index (χ0) is 10.6. The predicted molar refractivity (Wildman–Crippen MR) is 49.8 cm³/mol. The van der Waals surface area contributed by atoms with E-state index in [1.165, 1.54) is 18.2 Å². The number of alkyl halides is 2. The third-order valence-electron chi connectivity index (χ3n) is 1.86. The molecule has 0 spiro atoms. The maximum absolute atomic E-state index is 12.3. The van der Waals surface area contributed by atoms with Gasteiger partial charge in [0.1, 0.15) is 0 Å². The average molecular weight is 196 g/mol. The van der Waals surface area contributed by atoms with E-state index in [2.05, 4.69) is 5.92 Å². The summed E-state index contributed by atoms with van der Waals surface area (Å²) in [6, 6.07) is 5.65. The highest BCUT2D eigenvalue weighted by Gasteiger charge is 2.10. The third kappa shape index (κ3) is 2.54. The molecule has 1 nitrogen and oxygen atoms in total. The summed E-state index contributed by atoms with van der Waals surface area (Å²) in [5.41, 5.74) is 0.333. The Morgan fingerprint density at radius 3 is 2.57 bits per heavy atom. The molecular weight excluding hydrogens is 186 g/mol. The van der Waals surface area contributed by atoms with Gasteiger partial charge in [-0.25, -0.2) is 8.78 Å². The molecule has 0 heterocycles. The molecule has 0 bridgehead atoms. The fourth-order valence-corrected chi connectivity index (χ4v) is 1.13. The number of benzene rings is 1. The Hall–Kier alpha value is -1.40. The second kappa shape index (κ2) is 4.73. The van der Waals surface area contributed by atoms with E-state index in [-0.39, 0.29) is 12.0 Å². The number of rotatable bonds is 3. The van der Waals surface area contributed by atoms with Crippen LogP contribution in [0.25, 0.3) is 0 Å². The number of aliphatic hydroxyl groups is 1. The van der Waals surface area contributed by atoms with Gasteiger partial charge in [0.25, 0.3) is 6.43 Å². The van der Waals surface area contributed by atoms with Gasteiger partial charge >= 0.3 is 0 Å². The zero-order valence-corrected chi connectivity index (χ0v) is 7.45. The van der Waals surface area contributed by atoms with Crippen LogP contribution >= 0.6 is 0 Å². The van der Waals surface area contributed by atoms with Crippen molar-refractivity contribution in [1.29, 1.82) is 0 Å². The molecule has 0 saturated heterocycles. The van der Waals surface area contributed by atoms with Crippen molar-refractivity contribution in [3.63, 3.8) is 0 Å². The molecule has 0 aliphatic carbocycles. The summed E-state index contributed by atoms with van der Waals surface area (Å²) >= 11 is 0. The minimum absolute atomic E-state index is 0.0985. The molecule has 0 amide bonds. The van der Waals surface area contributed by atoms with Gasteiger partial charge in [-0.2, -0.15) is 0 Å². The summed E-state index contributed by atoms with van der Waals surface area (Å²) < 4.78 is 24.5. The zero-order valence-electron chi connectivity index (χ0n) is 7.45. The first-order valence-electron chi connectivity index (χ1n) is 4.14. The van der Waals surface area contributed by atoms with Crippen LogP contribution in [0.4, 0.5) is 8.78 Å². The van der Waals surface area contributed by atoms with Crippen LogP contribution in [0.1, 0.15) is 30.1 Å². The molecule has 0 aliphatic rings. The molecule has 1 aromatic carbocycles. The molecule has 3 heteroatoms. The van der Waals surface area contributed by atoms with Crippen LogP contribution < -0.4 is 0 Å². The van der Waals surface area contributed by atoms with Gasteiger partial charge in [0.15, 0.2) is 0 Å². The van der Waals surface area contributed by atoms with Gasteiger partial charge < -0.3 is 5.11 Å². The lowest BCUT2D eigenvalue weighted by atomic mass is 10.0. The Bertz CT molecular complexity index is 341. The highest BCUT2D eigenvalue weighted by molar-refractivity contribution is 5.26. The van der Waals surface area contributed by atoms with E-state index in [0.29, 0.717) is 5.56 Å². The normalized spacial score (nSPS) is 12.5. The predicted octanol–water partition coefficient (Wildman–Crippen LogP) is 2.68. The van der Waals surface area contributed by atoms with Gasteiger partial charge in [0.05, 0.1) is 6.10 Å². The molecule has 0 radical (unpaired) electrons. The Morgan fingerprint density at radius 1 is 1.36 bits per heavy atom. The van der Waals surface area contributed by atoms with Crippen molar-refractivity contribution in [3.8, 4) is 12.3 Å². The quantitative estimate of drug-likeness (QED) is 0.737. The second-order valence-electron chi connectivity index (χ2n) is 2.89. The molecule has 1 rings (SSSR count). The second-order valence-corrected chi connectivity index (χ2v) is 2.89. The van der Waals surface area contributed by atoms with Crippen molar-refractivity contribution >= 4 is 0 Å². The first-order chi connectivity index (χ1) is 6.65. The SMILES string of the molecule is C#CCC(O)c1cccc(C(F)F)c1. The summed E-state index contributed by atoms with van der Waals surface area (Å²) in [5, 5.41) is 9.44. The van der Waals surface area contributed by atoms with E-state index >= 15 is 0 Å². The molecule has 1 atom stereocenters. The monoisotopic (exact) mass is 196 g/mol. The van der Waals surface area contributed by atoms with Crippen molar-refractivity contribution in [2.45, 2.75) is 19.0 Å². The molecule has 0 aromatic heterocycles. The molecule has 0 aliphatic heterocycles. The number of aliphatic hydroxyl groups excluding tert-OH is 1. The van der Waals surface area contributed by atoms with Gasteiger partial charge in [0, 0.05) is 12.0 Å². The molecule has 0 fully saturated rings. The van der Waals surface area contributed by atoms with Crippen LogP contribution in [0.15, 0.2) is 24.3 Å². The maximum Gasteiger partial charge on any atom is 0.263 e. The Labute approximate surface area is 81.4 Å². The molecule has 1 N–H and O–H groups in total. The number of halogens is 2. The van der Waals surface area contributed by atoms with Gasteiger partial charge in [-0.15, -0.1) is 12.3 Å². The molecule has 74 valence electrons. The Balaban J connectivity index is 2.89. The summed E-state index contributed by atoms with van der Waals surface area (Å²) in [5.74, 6) is 2.28. The average Bonchev–Trinajstić information content (AvgIpc) is 2.18. The van der Waals surface area contributed by atoms with Gasteiger partial charge in [-0.05, 0) is 11.6 Å². The number of hydrogen-bond donors (Lipinski definition) is 1. The van der Waals surface area contributed by atoms with Crippen LogP contribution in [-0.2, 0) is 0 Å². The van der Waals surface area contributed by atoms with E-state index in [1.807, 2.05) is 0 Å². The molecule has 14 heavy (non-hydrogen) atoms. The lowest BCUT2D eigenvalue weighted by Gasteiger charge is -2.08. The van der Waals surface area contributed by atoms with Crippen LogP contribution in [0.3, 0.4) is 0 Å². The lowest BCUT2D eigenvalue weighted by Crippen LogP contribution is -1.97. The van der Waals surface area contributed by atoms with E-state index < -0.39 is 12.5 Å². The summed E-state index contributed by atoms with van der Waals surface area (Å²) in [6.45, 7) is 0. The van der Waals surface area contributed by atoms with Gasteiger partial charge in [-0.1, -0.05) is 18.2 Å². The highest BCUT2D eigenvalue weighted by Crippen LogP contribution is 2.23. The largest absolute Gasteiger partial charge is 0.387 e. The minimum Gasteiger partial charge on any atom is -0.387 e. The third-order valence-corrected chi connectivity index (χ3v) is 1.86. The van der Waals surface area contributed by atoms with Crippen molar-refractivity contribution < 1.29 is 13.9 Å². The molecule has 1 aromatic rings. The Morgan fingerprint density at radius 2 is 2.00 bits per heavy atom. The fourth-order valence-electron chi connectivity index (χ4n) is 1.13. The first-order valence-corrected chi connectivity index (χ1v) is 4.14. The first kappa shape index (κ1) is 10.7. The molecule has 0 saturated carbocycles. The van der Waals surface area contributed by atoms with Crippen molar-refractivity contribution in [2.75, 3.05) is 0 Å². The molecule has 1 unspecified atom stereocenters. The van der Waals surface area contributed by atoms with Crippen molar-refractivity contribution in [1.82, 2.24) is 0 Å². The minimum atomic E-state index is -2.52. The highest BCUT2D eigenvalue weighted by atomic mass is 19.3. The standard InChI is InChI=1S/C11H10F2O/c1-2-4-10(14)8-5-3-6-9(7-8)11(12)13/h1,3,5-7,10-11,14H,4H2. The number of terminal acetylenes is 1. The topological polar surface area (TPSA) is 20.2 Å². The van der Waals surface area contributed by atoms with Crippen LogP contribution in [0.2, 0.25) is 0 Å². The summed E-state index contributed by atoms with van der Waals surface area (Å²) in [7, 11) is 0. The Kier molecular flexibility index (Phi) is 3.61. The lowest BCUT2D eigenvalue weighted by molar-refractivity contribution is 0.150. The van der Waals surface area contributed by atoms with E-state index in [1.54, 1.807) is 6.07 Å². The van der Waals surface area contributed by atoms with Crippen molar-refractivity contribution in [3.05, 3.63) is 35.4 Å². The van der Waals surface area contributed by atoms with Gasteiger partial charge in [-0.3, -0.25) is 0 Å². The maximum atomic E-state index is 12.3. The van der Waals surface area contributed by atoms with Gasteiger partial charge in [0.2, 0.25) is 0 Å². The van der Waals surface area contributed by atoms with E-state index in [0.717, 1.165) is 0 Å². The number of hydrogen-bond acceptors (Lipinski definition) is 1. The summed E-state index contributed by atoms with van der Waals surface area (Å²) in [6.07, 6.45) is 1.76. The molecular formula is C11H10F2O.